The third-order valence-electron chi connectivity index (χ3n) is 3.59. The molecule has 0 aliphatic rings. The van der Waals surface area contributed by atoms with Gasteiger partial charge in [0.1, 0.15) is 0 Å². The van der Waals surface area contributed by atoms with E-state index in [-0.39, 0.29) is 11.7 Å². The minimum Gasteiger partial charge on any atom is -0.325 e. The number of benzene rings is 2. The van der Waals surface area contributed by atoms with E-state index < -0.39 is 0 Å². The third kappa shape index (κ3) is 5.29. The van der Waals surface area contributed by atoms with Crippen LogP contribution in [0.4, 0.5) is 5.69 Å². The van der Waals surface area contributed by atoms with Crippen molar-refractivity contribution in [3.63, 3.8) is 0 Å². The van der Waals surface area contributed by atoms with E-state index >= 15 is 0 Å². The number of halogens is 3. The summed E-state index contributed by atoms with van der Waals surface area (Å²) in [6.45, 7) is 4.28. The van der Waals surface area contributed by atoms with Crippen LogP contribution >= 0.6 is 46.6 Å². The summed E-state index contributed by atoms with van der Waals surface area (Å²) in [6.07, 6.45) is 1.75. The van der Waals surface area contributed by atoms with Crippen LogP contribution in [-0.2, 0) is 11.3 Å². The molecule has 0 bridgehead atoms. The van der Waals surface area contributed by atoms with Gasteiger partial charge in [0.25, 0.3) is 0 Å². The quantitative estimate of drug-likeness (QED) is 0.361. The number of hydrogen-bond donors (Lipinski definition) is 1. The van der Waals surface area contributed by atoms with E-state index in [0.29, 0.717) is 38.3 Å². The number of thioether (sulfide) groups is 1. The zero-order valence-electron chi connectivity index (χ0n) is 14.5. The third-order valence-corrected chi connectivity index (χ3v) is 5.23. The number of hydrogen-bond acceptors (Lipinski definition) is 4. The lowest BCUT2D eigenvalue weighted by Crippen LogP contribution is -2.14. The maximum absolute atomic E-state index is 12.3. The average Bonchev–Trinajstić information content (AvgIpc) is 3.02. The molecule has 5 nitrogen and oxygen atoms in total. The monoisotopic (exact) mass is 452 g/mol. The Morgan fingerprint density at radius 3 is 2.54 bits per heavy atom. The lowest BCUT2D eigenvalue weighted by atomic mass is 10.2. The first-order valence-electron chi connectivity index (χ1n) is 8.15. The summed E-state index contributed by atoms with van der Waals surface area (Å²) in [6, 6.07) is 12.2. The summed E-state index contributed by atoms with van der Waals surface area (Å²) in [4.78, 5) is 12.3. The SMILES string of the molecule is C=CCn1c(SCC(=O)Nc2cc(Cl)cc(Cl)c2)nnc1-c1cccc(Cl)c1. The minimum atomic E-state index is -0.208. The van der Waals surface area contributed by atoms with Gasteiger partial charge in [-0.25, -0.2) is 0 Å². The van der Waals surface area contributed by atoms with E-state index in [1.165, 1.54) is 11.8 Å². The number of anilines is 1. The predicted octanol–water partition coefficient (Wildman–Crippen LogP) is 5.82. The van der Waals surface area contributed by atoms with Crippen molar-refractivity contribution in [2.75, 3.05) is 11.1 Å². The standard InChI is InChI=1S/C19H15Cl3N4OS/c1-2-6-26-18(12-4-3-5-13(20)7-12)24-25-19(26)28-11-17(27)23-16-9-14(21)8-15(22)10-16/h2-5,7-10H,1,6,11H2,(H,23,27). The van der Waals surface area contributed by atoms with E-state index in [0.717, 1.165) is 5.56 Å². The molecule has 3 aromatic rings. The van der Waals surface area contributed by atoms with Crippen LogP contribution in [0.25, 0.3) is 11.4 Å². The first-order valence-corrected chi connectivity index (χ1v) is 10.3. The molecule has 0 aliphatic carbocycles. The van der Waals surface area contributed by atoms with Gasteiger partial charge >= 0.3 is 0 Å². The molecule has 1 amide bonds. The van der Waals surface area contributed by atoms with E-state index in [1.54, 1.807) is 30.3 Å². The molecular formula is C19H15Cl3N4OS. The normalized spacial score (nSPS) is 10.7. The van der Waals surface area contributed by atoms with Crippen molar-refractivity contribution in [3.8, 4) is 11.4 Å². The lowest BCUT2D eigenvalue weighted by Gasteiger charge is -2.09. The topological polar surface area (TPSA) is 59.8 Å². The fourth-order valence-corrected chi connectivity index (χ4v) is 3.95. The van der Waals surface area contributed by atoms with E-state index in [9.17, 15) is 4.79 Å². The Kier molecular flexibility index (Phi) is 7.02. The molecule has 0 saturated carbocycles. The van der Waals surface area contributed by atoms with Gasteiger partial charge in [0.15, 0.2) is 11.0 Å². The number of amides is 1. The summed E-state index contributed by atoms with van der Waals surface area (Å²) in [7, 11) is 0. The lowest BCUT2D eigenvalue weighted by molar-refractivity contribution is -0.113. The van der Waals surface area contributed by atoms with E-state index in [4.69, 9.17) is 34.8 Å². The molecule has 0 saturated heterocycles. The van der Waals surface area contributed by atoms with Crippen LogP contribution in [0.15, 0.2) is 60.3 Å². The number of carbonyl (C=O) groups is 1. The van der Waals surface area contributed by atoms with Crippen molar-refractivity contribution in [2.24, 2.45) is 0 Å². The van der Waals surface area contributed by atoms with Gasteiger partial charge in [-0.2, -0.15) is 0 Å². The second-order valence-electron chi connectivity index (χ2n) is 5.71. The van der Waals surface area contributed by atoms with Gasteiger partial charge in [0, 0.05) is 32.9 Å². The van der Waals surface area contributed by atoms with Crippen LogP contribution in [0.1, 0.15) is 0 Å². The van der Waals surface area contributed by atoms with Crippen LogP contribution in [0, 0.1) is 0 Å². The highest BCUT2D eigenvalue weighted by Gasteiger charge is 2.15. The van der Waals surface area contributed by atoms with Gasteiger partial charge in [-0.1, -0.05) is 64.8 Å². The van der Waals surface area contributed by atoms with Gasteiger partial charge in [0.05, 0.1) is 5.75 Å². The molecule has 2 aromatic carbocycles. The number of rotatable bonds is 7. The molecule has 1 heterocycles. The second-order valence-corrected chi connectivity index (χ2v) is 7.96. The molecule has 3 rings (SSSR count). The molecular weight excluding hydrogens is 439 g/mol. The smallest absolute Gasteiger partial charge is 0.234 e. The van der Waals surface area contributed by atoms with Crippen molar-refractivity contribution >= 4 is 58.2 Å². The first kappa shape index (κ1) is 20.7. The molecule has 1 N–H and O–H groups in total. The highest BCUT2D eigenvalue weighted by Crippen LogP contribution is 2.27. The molecule has 0 atom stereocenters. The number of nitrogens with one attached hydrogen (secondary N) is 1. The molecule has 144 valence electrons. The fourth-order valence-electron chi connectivity index (χ4n) is 2.48. The first-order chi connectivity index (χ1) is 13.5. The Labute approximate surface area is 181 Å². The summed E-state index contributed by atoms with van der Waals surface area (Å²) >= 11 is 19.3. The Morgan fingerprint density at radius 1 is 1.11 bits per heavy atom. The highest BCUT2D eigenvalue weighted by atomic mass is 35.5. The van der Waals surface area contributed by atoms with Crippen molar-refractivity contribution in [1.29, 1.82) is 0 Å². The number of nitrogens with zero attached hydrogens (tertiary/aromatic N) is 3. The van der Waals surface area contributed by atoms with Crippen LogP contribution in [0.5, 0.6) is 0 Å². The molecule has 0 unspecified atom stereocenters. The van der Waals surface area contributed by atoms with Crippen LogP contribution < -0.4 is 5.32 Å². The van der Waals surface area contributed by atoms with Crippen molar-refractivity contribution < 1.29 is 4.79 Å². The Morgan fingerprint density at radius 2 is 1.86 bits per heavy atom. The molecule has 0 spiro atoms. The molecule has 9 heteroatoms. The summed E-state index contributed by atoms with van der Waals surface area (Å²) in [5, 5.41) is 13.3. The molecule has 0 radical (unpaired) electrons. The van der Waals surface area contributed by atoms with Crippen LogP contribution in [0.3, 0.4) is 0 Å². The molecule has 1 aromatic heterocycles. The van der Waals surface area contributed by atoms with Gasteiger partial charge in [-0.15, -0.1) is 16.8 Å². The Balaban J connectivity index is 1.73. The van der Waals surface area contributed by atoms with Crippen molar-refractivity contribution in [3.05, 3.63) is 70.2 Å². The fraction of sp³-hybridized carbons (Fsp3) is 0.105. The maximum atomic E-state index is 12.3. The summed E-state index contributed by atoms with van der Waals surface area (Å²) in [5.74, 6) is 0.599. The van der Waals surface area contributed by atoms with Crippen molar-refractivity contribution in [2.45, 2.75) is 11.7 Å². The second kappa shape index (κ2) is 9.47. The summed E-state index contributed by atoms with van der Waals surface area (Å²) < 4.78 is 1.88. The zero-order chi connectivity index (χ0) is 20.1. The number of aromatic nitrogens is 3. The summed E-state index contributed by atoms with van der Waals surface area (Å²) in [5.41, 5.74) is 1.38. The van der Waals surface area contributed by atoms with Gasteiger partial charge < -0.3 is 5.32 Å². The Bertz CT molecular complexity index is 1000. The molecule has 0 aliphatic heterocycles. The highest BCUT2D eigenvalue weighted by molar-refractivity contribution is 7.99. The zero-order valence-corrected chi connectivity index (χ0v) is 17.6. The predicted molar refractivity (Wildman–Crippen MR) is 116 cm³/mol. The van der Waals surface area contributed by atoms with E-state index in [2.05, 4.69) is 22.1 Å². The number of allylic oxidation sites excluding steroid dienone is 1. The van der Waals surface area contributed by atoms with Crippen molar-refractivity contribution in [1.82, 2.24) is 14.8 Å². The van der Waals surface area contributed by atoms with Crippen LogP contribution in [0.2, 0.25) is 15.1 Å². The van der Waals surface area contributed by atoms with Crippen LogP contribution in [-0.4, -0.2) is 26.4 Å². The van der Waals surface area contributed by atoms with Gasteiger partial charge in [-0.3, -0.25) is 9.36 Å². The number of carbonyl (C=O) groups excluding carboxylic acids is 1. The minimum absolute atomic E-state index is 0.148. The Hall–Kier alpha value is -1.99. The van der Waals surface area contributed by atoms with Gasteiger partial charge in [0.2, 0.25) is 5.91 Å². The van der Waals surface area contributed by atoms with Gasteiger partial charge in [-0.05, 0) is 30.3 Å². The largest absolute Gasteiger partial charge is 0.325 e. The van der Waals surface area contributed by atoms with E-state index in [1.807, 2.05) is 22.8 Å². The molecule has 28 heavy (non-hydrogen) atoms. The maximum Gasteiger partial charge on any atom is 0.234 e. The average molecular weight is 454 g/mol. The molecule has 0 fully saturated rings.